The monoisotopic (exact) mass is 444 g/mol. The molecule has 2 rings (SSSR count). The SMILES string of the molecule is CCOC(=O)Nc1ccn([C@]2(O)O[C@H](CO)[C@@H](OC(=O)[C@@H](N)C(C)C)[C@@]2(C)O)c(=O)n1. The summed E-state index contributed by atoms with van der Waals surface area (Å²) in [6.45, 7) is 5.38. The van der Waals surface area contributed by atoms with Gasteiger partial charge in [0.2, 0.25) is 0 Å². The molecule has 0 aliphatic carbocycles. The van der Waals surface area contributed by atoms with E-state index in [1.807, 2.05) is 0 Å². The Morgan fingerprint density at radius 3 is 2.58 bits per heavy atom. The van der Waals surface area contributed by atoms with Gasteiger partial charge in [0, 0.05) is 6.20 Å². The maximum Gasteiger partial charge on any atom is 0.412 e. The minimum Gasteiger partial charge on any atom is -0.455 e. The Morgan fingerprint density at radius 2 is 2.06 bits per heavy atom. The largest absolute Gasteiger partial charge is 0.455 e. The number of aromatic nitrogens is 2. The summed E-state index contributed by atoms with van der Waals surface area (Å²) in [6, 6.07) is 0.124. The highest BCUT2D eigenvalue weighted by molar-refractivity contribution is 5.83. The molecule has 1 saturated heterocycles. The van der Waals surface area contributed by atoms with Crippen LogP contribution in [0.3, 0.4) is 0 Å². The van der Waals surface area contributed by atoms with E-state index in [2.05, 4.69) is 15.0 Å². The maximum absolute atomic E-state index is 12.5. The number of hydrogen-bond acceptors (Lipinski definition) is 11. The Balaban J connectivity index is 2.37. The summed E-state index contributed by atoms with van der Waals surface area (Å²) in [4.78, 5) is 39.9. The number of aliphatic hydroxyl groups excluding tert-OH is 1. The zero-order chi connectivity index (χ0) is 23.6. The number of amides is 1. The Morgan fingerprint density at radius 1 is 1.42 bits per heavy atom. The van der Waals surface area contributed by atoms with Gasteiger partial charge in [-0.3, -0.25) is 10.1 Å². The molecule has 13 nitrogen and oxygen atoms in total. The van der Waals surface area contributed by atoms with E-state index in [0.717, 1.165) is 19.2 Å². The van der Waals surface area contributed by atoms with Gasteiger partial charge in [-0.15, -0.1) is 0 Å². The molecule has 31 heavy (non-hydrogen) atoms. The number of nitrogens with one attached hydrogen (secondary N) is 1. The number of anilines is 1. The number of nitrogens with zero attached hydrogens (tertiary/aromatic N) is 2. The fourth-order valence-corrected chi connectivity index (χ4v) is 3.01. The predicted molar refractivity (Wildman–Crippen MR) is 105 cm³/mol. The highest BCUT2D eigenvalue weighted by Gasteiger charge is 2.66. The van der Waals surface area contributed by atoms with Crippen LogP contribution in [0.2, 0.25) is 0 Å². The number of aliphatic hydroxyl groups is 3. The number of carbonyl (C=O) groups is 2. The van der Waals surface area contributed by atoms with Crippen LogP contribution in [-0.4, -0.2) is 74.0 Å². The minimum absolute atomic E-state index is 0.0997. The van der Waals surface area contributed by atoms with Crippen LogP contribution in [0.1, 0.15) is 27.7 Å². The Labute approximate surface area is 177 Å². The number of esters is 1. The van der Waals surface area contributed by atoms with Gasteiger partial charge in [0.05, 0.1) is 13.2 Å². The molecule has 1 fully saturated rings. The van der Waals surface area contributed by atoms with Crippen LogP contribution >= 0.6 is 0 Å². The highest BCUT2D eigenvalue weighted by atomic mass is 16.7. The molecule has 6 N–H and O–H groups in total. The summed E-state index contributed by atoms with van der Waals surface area (Å²) in [5.41, 5.74) is 2.26. The van der Waals surface area contributed by atoms with Crippen LogP contribution in [-0.2, 0) is 24.9 Å². The maximum atomic E-state index is 12.5. The molecular formula is C18H28N4O9. The van der Waals surface area contributed by atoms with Crippen LogP contribution in [0, 0.1) is 5.92 Å². The summed E-state index contributed by atoms with van der Waals surface area (Å²) in [7, 11) is 0. The highest BCUT2D eigenvalue weighted by Crippen LogP contribution is 2.42. The molecule has 0 unspecified atom stereocenters. The van der Waals surface area contributed by atoms with Gasteiger partial charge in [-0.05, 0) is 25.8 Å². The molecule has 5 atom stereocenters. The minimum atomic E-state index is -2.76. The van der Waals surface area contributed by atoms with Gasteiger partial charge in [0.15, 0.2) is 11.7 Å². The van der Waals surface area contributed by atoms with Gasteiger partial charge in [-0.1, -0.05) is 13.8 Å². The third-order valence-corrected chi connectivity index (χ3v) is 4.92. The second kappa shape index (κ2) is 9.28. The first kappa shape index (κ1) is 24.7. The first-order valence-corrected chi connectivity index (χ1v) is 9.62. The van der Waals surface area contributed by atoms with Gasteiger partial charge < -0.3 is 35.3 Å². The van der Waals surface area contributed by atoms with E-state index in [9.17, 15) is 29.7 Å². The van der Waals surface area contributed by atoms with E-state index in [1.54, 1.807) is 20.8 Å². The summed E-state index contributed by atoms with van der Waals surface area (Å²) >= 11 is 0. The van der Waals surface area contributed by atoms with Gasteiger partial charge >= 0.3 is 17.8 Å². The van der Waals surface area contributed by atoms with Crippen molar-refractivity contribution in [2.45, 2.75) is 57.5 Å². The normalized spacial score (nSPS) is 28.9. The summed E-state index contributed by atoms with van der Waals surface area (Å²) < 4.78 is 15.8. The third kappa shape index (κ3) is 4.70. The summed E-state index contributed by atoms with van der Waals surface area (Å²) in [5.74, 6) is -4.10. The molecule has 1 aromatic heterocycles. The molecule has 1 aromatic rings. The standard InChI is InChI=1S/C18H28N4O9/c1-5-29-16(26)21-11-6-7-22(15(25)20-11)18(28)17(4,27)13(10(8-23)31-18)30-14(24)12(19)9(2)3/h6-7,9-10,12-13,23,27-28H,5,8,19H2,1-4H3,(H,20,21,25,26)/t10-,12+,13-,17-,18-/m1/s1. The lowest BCUT2D eigenvalue weighted by Gasteiger charge is -2.36. The van der Waals surface area contributed by atoms with Crippen molar-refractivity contribution in [2.24, 2.45) is 11.7 Å². The van der Waals surface area contributed by atoms with Crippen LogP contribution in [0.4, 0.5) is 10.6 Å². The van der Waals surface area contributed by atoms with Crippen molar-refractivity contribution in [1.82, 2.24) is 9.55 Å². The van der Waals surface area contributed by atoms with Crippen molar-refractivity contribution in [3.8, 4) is 0 Å². The quantitative estimate of drug-likeness (QED) is 0.305. The van der Waals surface area contributed by atoms with Gasteiger partial charge in [-0.25, -0.2) is 14.2 Å². The lowest BCUT2D eigenvalue weighted by atomic mass is 9.93. The lowest BCUT2D eigenvalue weighted by molar-refractivity contribution is -0.321. The van der Waals surface area contributed by atoms with Crippen LogP contribution in [0.25, 0.3) is 0 Å². The molecule has 174 valence electrons. The van der Waals surface area contributed by atoms with Gasteiger partial charge in [0.25, 0.3) is 5.91 Å². The molecule has 0 bridgehead atoms. The number of ether oxygens (including phenoxy) is 3. The number of nitrogens with two attached hydrogens (primary N) is 1. The van der Waals surface area contributed by atoms with E-state index in [1.165, 1.54) is 0 Å². The zero-order valence-corrected chi connectivity index (χ0v) is 17.6. The summed E-state index contributed by atoms with van der Waals surface area (Å²) in [6.07, 6.45) is -2.79. The van der Waals surface area contributed by atoms with E-state index in [0.29, 0.717) is 4.57 Å². The van der Waals surface area contributed by atoms with Crippen molar-refractivity contribution in [1.29, 1.82) is 0 Å². The second-order valence-corrected chi connectivity index (χ2v) is 7.53. The topological polar surface area (TPSA) is 195 Å². The zero-order valence-electron chi connectivity index (χ0n) is 17.6. The van der Waals surface area contributed by atoms with E-state index in [-0.39, 0.29) is 18.3 Å². The van der Waals surface area contributed by atoms with Crippen molar-refractivity contribution in [2.75, 3.05) is 18.5 Å². The number of rotatable bonds is 7. The third-order valence-electron chi connectivity index (χ3n) is 4.92. The van der Waals surface area contributed by atoms with Gasteiger partial charge in [-0.2, -0.15) is 4.98 Å². The van der Waals surface area contributed by atoms with Crippen molar-refractivity contribution in [3.05, 3.63) is 22.7 Å². The first-order chi connectivity index (χ1) is 14.4. The van der Waals surface area contributed by atoms with Crippen LogP contribution in [0.15, 0.2) is 17.1 Å². The molecule has 2 heterocycles. The van der Waals surface area contributed by atoms with Gasteiger partial charge in [0.1, 0.15) is 18.0 Å². The van der Waals surface area contributed by atoms with Crippen molar-refractivity contribution in [3.63, 3.8) is 0 Å². The molecule has 0 spiro atoms. The molecule has 1 aliphatic rings. The predicted octanol–water partition coefficient (Wildman–Crippen LogP) is -1.55. The average molecular weight is 444 g/mol. The van der Waals surface area contributed by atoms with E-state index >= 15 is 0 Å². The lowest BCUT2D eigenvalue weighted by Crippen LogP contribution is -2.59. The van der Waals surface area contributed by atoms with Crippen LogP contribution < -0.4 is 16.7 Å². The molecule has 0 aromatic carbocycles. The smallest absolute Gasteiger partial charge is 0.412 e. The Kier molecular flexibility index (Phi) is 7.39. The Hall–Kier alpha value is -2.58. The molecule has 0 saturated carbocycles. The number of carbonyl (C=O) groups excluding carboxylic acids is 2. The van der Waals surface area contributed by atoms with Crippen LogP contribution in [0.5, 0.6) is 0 Å². The van der Waals surface area contributed by atoms with Crippen molar-refractivity contribution >= 4 is 17.9 Å². The Bertz CT molecular complexity index is 872. The molecule has 13 heteroatoms. The second-order valence-electron chi connectivity index (χ2n) is 7.53. The average Bonchev–Trinajstić information content (AvgIpc) is 2.88. The van der Waals surface area contributed by atoms with Crippen molar-refractivity contribution < 1.29 is 39.1 Å². The summed E-state index contributed by atoms with van der Waals surface area (Å²) in [5, 5.41) is 33.9. The number of hydrogen-bond donors (Lipinski definition) is 5. The fourth-order valence-electron chi connectivity index (χ4n) is 3.01. The van der Waals surface area contributed by atoms with E-state index < -0.39 is 54.1 Å². The molecule has 1 amide bonds. The molecule has 0 radical (unpaired) electrons. The molecule has 1 aliphatic heterocycles. The van der Waals surface area contributed by atoms with E-state index in [4.69, 9.17) is 15.2 Å². The molecular weight excluding hydrogens is 416 g/mol. The fraction of sp³-hybridized carbons (Fsp3) is 0.667. The first-order valence-electron chi connectivity index (χ1n) is 9.62.